The number of aliphatic imine (C=N–C) groups is 1. The summed E-state index contributed by atoms with van der Waals surface area (Å²) in [4.78, 5) is 84.0. The number of nitrogens with one attached hydrogen (secondary N) is 3. The second-order valence-electron chi connectivity index (χ2n) is 14.5. The Labute approximate surface area is 315 Å². The van der Waals surface area contributed by atoms with E-state index in [1.54, 1.807) is 20.8 Å². The van der Waals surface area contributed by atoms with Crippen LogP contribution in [-0.4, -0.2) is 84.0 Å². The summed E-state index contributed by atoms with van der Waals surface area (Å²) in [5.41, 5.74) is 17.5. The highest BCUT2D eigenvalue weighted by Crippen LogP contribution is 2.19. The molecule has 0 aromatic heterocycles. The molecule has 0 radical (unpaired) electrons. The summed E-state index contributed by atoms with van der Waals surface area (Å²) in [6.45, 7) is 9.21. The van der Waals surface area contributed by atoms with E-state index in [1.165, 1.54) is 0 Å². The summed E-state index contributed by atoms with van der Waals surface area (Å²) in [6, 6.07) is 6.53. The number of Topliss-reactive ketones (excluding diaryl/α,β-unsaturated/α-hetero) is 3. The van der Waals surface area contributed by atoms with E-state index in [0.29, 0.717) is 44.6 Å². The smallest absolute Gasteiger partial charge is 0.226 e. The number of benzene rings is 1. The fourth-order valence-corrected chi connectivity index (χ4v) is 5.88. The molecule has 14 nitrogen and oxygen atoms in total. The largest absolute Gasteiger partial charge is 0.396 e. The molecule has 0 aliphatic carbocycles. The topological polar surface area (TPSA) is 249 Å². The number of aliphatic hydroxyl groups is 1. The zero-order valence-corrected chi connectivity index (χ0v) is 32.4. The lowest BCUT2D eigenvalue weighted by Gasteiger charge is -2.27. The summed E-state index contributed by atoms with van der Waals surface area (Å²) in [6.07, 6.45) is 3.06. The van der Waals surface area contributed by atoms with Crippen LogP contribution in [0.5, 0.6) is 0 Å². The molecule has 1 rings (SSSR count). The predicted molar refractivity (Wildman–Crippen MR) is 206 cm³/mol. The molecule has 1 aromatic rings. The number of nitrogens with two attached hydrogens (primary N) is 3. The quantitative estimate of drug-likeness (QED) is 0.0374. The van der Waals surface area contributed by atoms with Gasteiger partial charge in [0, 0.05) is 38.1 Å². The maximum atomic E-state index is 13.9. The second-order valence-corrected chi connectivity index (χ2v) is 14.5. The fraction of sp³-hybridized carbons (Fsp3) is 0.667. The molecule has 1 aromatic carbocycles. The normalized spacial score (nSPS) is 14.1. The first kappa shape index (κ1) is 46.9. The van der Waals surface area contributed by atoms with E-state index >= 15 is 0 Å². The molecule has 14 heteroatoms. The summed E-state index contributed by atoms with van der Waals surface area (Å²) in [5, 5.41) is 18.5. The summed E-state index contributed by atoms with van der Waals surface area (Å²) >= 11 is 0. The van der Waals surface area contributed by atoms with E-state index in [4.69, 9.17) is 17.2 Å². The van der Waals surface area contributed by atoms with Crippen molar-refractivity contribution < 1.29 is 33.9 Å². The van der Waals surface area contributed by atoms with Gasteiger partial charge in [0.2, 0.25) is 17.7 Å². The van der Waals surface area contributed by atoms with E-state index in [1.807, 2.05) is 44.2 Å². The molecular weight excluding hydrogens is 678 g/mol. The second kappa shape index (κ2) is 25.7. The number of unbranched alkanes of at least 4 members (excludes halogenated alkanes) is 1. The van der Waals surface area contributed by atoms with Gasteiger partial charge in [-0.2, -0.15) is 0 Å². The standard InChI is InChI=1S/C39H65N7O7/c1-6-32(48)31(21-27-13-8-7-9-14-27)45-38(53)29(24-47)23-34(50)36(26(4)5)46-37(52)28(15-12-20-43-39(41)42)22-33(49)30(16-10-11-19-40)44-35(51)18-17-25(2)3/h7-9,13-14,25-26,28-31,36,47H,6,10-12,15-24,40H2,1-5H3,(H,44,51)(H,45,53)(H,46,52)(H4,41,42,43)/t28-,29+,30+,31+,36+/m1/s1. The Hall–Kier alpha value is -4.17. The van der Waals surface area contributed by atoms with E-state index in [9.17, 15) is 33.9 Å². The van der Waals surface area contributed by atoms with Gasteiger partial charge in [0.25, 0.3) is 0 Å². The molecule has 0 aliphatic rings. The van der Waals surface area contributed by atoms with Gasteiger partial charge in [-0.25, -0.2) is 0 Å². The third-order valence-electron chi connectivity index (χ3n) is 9.13. The number of carbonyl (C=O) groups excluding carboxylic acids is 6. The van der Waals surface area contributed by atoms with E-state index in [2.05, 4.69) is 20.9 Å². The summed E-state index contributed by atoms with van der Waals surface area (Å²) in [7, 11) is 0. The maximum Gasteiger partial charge on any atom is 0.226 e. The Morgan fingerprint density at radius 1 is 0.755 bits per heavy atom. The fourth-order valence-electron chi connectivity index (χ4n) is 5.88. The SMILES string of the molecule is CCC(=O)[C@H](Cc1ccccc1)NC(=O)[C@H](CO)CC(=O)[C@@H](NC(=O)[C@H](CCCN=C(N)N)CC(=O)[C@H](CCCCN)NC(=O)CCC(C)C)C(C)C. The Morgan fingerprint density at radius 2 is 1.40 bits per heavy atom. The summed E-state index contributed by atoms with van der Waals surface area (Å²) < 4.78 is 0. The van der Waals surface area contributed by atoms with E-state index in [-0.39, 0.29) is 68.5 Å². The highest BCUT2D eigenvalue weighted by atomic mass is 16.3. The van der Waals surface area contributed by atoms with Gasteiger partial charge in [0.05, 0.1) is 30.7 Å². The lowest BCUT2D eigenvalue weighted by molar-refractivity contribution is -0.136. The van der Waals surface area contributed by atoms with Gasteiger partial charge < -0.3 is 38.3 Å². The van der Waals surface area contributed by atoms with E-state index < -0.39 is 60.1 Å². The maximum absolute atomic E-state index is 13.9. The Kier molecular flexibility index (Phi) is 22.8. The third-order valence-corrected chi connectivity index (χ3v) is 9.13. The number of nitrogens with zero attached hydrogens (tertiary/aromatic N) is 1. The number of aliphatic hydroxyl groups excluding tert-OH is 1. The molecule has 53 heavy (non-hydrogen) atoms. The van der Waals surface area contributed by atoms with Gasteiger partial charge in [0.15, 0.2) is 23.3 Å². The van der Waals surface area contributed by atoms with Crippen molar-refractivity contribution in [3.63, 3.8) is 0 Å². The van der Waals surface area contributed by atoms with Gasteiger partial charge in [-0.15, -0.1) is 0 Å². The minimum Gasteiger partial charge on any atom is -0.396 e. The molecule has 5 atom stereocenters. The number of amides is 3. The van der Waals surface area contributed by atoms with Crippen molar-refractivity contribution in [3.05, 3.63) is 35.9 Å². The first-order valence-electron chi connectivity index (χ1n) is 19.0. The Bertz CT molecular complexity index is 1330. The Morgan fingerprint density at radius 3 is 1.96 bits per heavy atom. The number of guanidine groups is 1. The molecule has 298 valence electrons. The molecule has 0 saturated heterocycles. The highest BCUT2D eigenvalue weighted by molar-refractivity contribution is 5.96. The first-order chi connectivity index (χ1) is 25.1. The van der Waals surface area contributed by atoms with Crippen molar-refractivity contribution in [2.24, 2.45) is 45.9 Å². The van der Waals surface area contributed by atoms with Crippen molar-refractivity contribution >= 4 is 41.0 Å². The minimum absolute atomic E-state index is 0.107. The van der Waals surface area contributed by atoms with Crippen LogP contribution in [-0.2, 0) is 35.2 Å². The minimum atomic E-state index is -1.16. The van der Waals surface area contributed by atoms with Crippen LogP contribution < -0.4 is 33.2 Å². The zero-order chi connectivity index (χ0) is 39.9. The number of carbonyl (C=O) groups is 6. The predicted octanol–water partition coefficient (Wildman–Crippen LogP) is 2.08. The molecule has 0 spiro atoms. The highest BCUT2D eigenvalue weighted by Gasteiger charge is 2.34. The van der Waals surface area contributed by atoms with Crippen LogP contribution in [0.1, 0.15) is 104 Å². The molecule has 0 heterocycles. The molecule has 0 aliphatic heterocycles. The number of ketones is 3. The number of hydrogen-bond acceptors (Lipinski definition) is 9. The van der Waals surface area contributed by atoms with Crippen molar-refractivity contribution in [2.75, 3.05) is 19.7 Å². The number of rotatable bonds is 28. The first-order valence-corrected chi connectivity index (χ1v) is 19.0. The molecular formula is C39H65N7O7. The van der Waals surface area contributed by atoms with Crippen LogP contribution in [0, 0.1) is 23.7 Å². The summed E-state index contributed by atoms with van der Waals surface area (Å²) in [5.74, 6) is -4.62. The molecule has 0 bridgehead atoms. The van der Waals surface area contributed by atoms with Gasteiger partial charge in [-0.3, -0.25) is 33.8 Å². The molecule has 0 unspecified atom stereocenters. The van der Waals surface area contributed by atoms with Gasteiger partial charge in [-0.05, 0) is 68.9 Å². The zero-order valence-electron chi connectivity index (χ0n) is 32.4. The van der Waals surface area contributed by atoms with Crippen LogP contribution in [0.25, 0.3) is 0 Å². The van der Waals surface area contributed by atoms with Crippen molar-refractivity contribution in [2.45, 2.75) is 123 Å². The van der Waals surface area contributed by atoms with Gasteiger partial charge in [0.1, 0.15) is 0 Å². The average Bonchev–Trinajstić information content (AvgIpc) is 3.11. The molecule has 0 saturated carbocycles. The molecule has 3 amide bonds. The lowest BCUT2D eigenvalue weighted by atomic mass is 9.89. The van der Waals surface area contributed by atoms with Crippen LogP contribution in [0.4, 0.5) is 0 Å². The van der Waals surface area contributed by atoms with Crippen LogP contribution in [0.15, 0.2) is 35.3 Å². The lowest BCUT2D eigenvalue weighted by Crippen LogP contribution is -2.50. The van der Waals surface area contributed by atoms with Gasteiger partial charge >= 0.3 is 0 Å². The van der Waals surface area contributed by atoms with Crippen molar-refractivity contribution in [3.8, 4) is 0 Å². The van der Waals surface area contributed by atoms with E-state index in [0.717, 1.165) is 5.56 Å². The molecule has 10 N–H and O–H groups in total. The number of hydrogen-bond donors (Lipinski definition) is 7. The monoisotopic (exact) mass is 743 g/mol. The van der Waals surface area contributed by atoms with Crippen LogP contribution >= 0.6 is 0 Å². The Balaban J connectivity index is 3.17. The van der Waals surface area contributed by atoms with Crippen LogP contribution in [0.2, 0.25) is 0 Å². The third kappa shape index (κ3) is 18.9. The van der Waals surface area contributed by atoms with Gasteiger partial charge in [-0.1, -0.05) is 65.0 Å². The molecule has 0 fully saturated rings. The van der Waals surface area contributed by atoms with Crippen molar-refractivity contribution in [1.29, 1.82) is 0 Å². The van der Waals surface area contributed by atoms with Crippen LogP contribution in [0.3, 0.4) is 0 Å². The van der Waals surface area contributed by atoms with Crippen molar-refractivity contribution in [1.82, 2.24) is 16.0 Å². The average molecular weight is 744 g/mol.